The zero-order valence-electron chi connectivity index (χ0n) is 19.8. The largest absolute Gasteiger partial charge is 0.352 e. The Morgan fingerprint density at radius 1 is 1.17 bits per heavy atom. The molecule has 1 saturated heterocycles. The van der Waals surface area contributed by atoms with Gasteiger partial charge in [0.2, 0.25) is 21.8 Å². The van der Waals surface area contributed by atoms with Crippen molar-refractivity contribution in [3.8, 4) is 0 Å². The van der Waals surface area contributed by atoms with Crippen molar-refractivity contribution in [2.75, 3.05) is 19.6 Å². The molecule has 12 heteroatoms. The second-order valence-corrected chi connectivity index (χ2v) is 10.9. The lowest BCUT2D eigenvalue weighted by Gasteiger charge is -2.33. The third kappa shape index (κ3) is 6.22. The van der Waals surface area contributed by atoms with E-state index in [4.69, 9.17) is 17.3 Å². The number of hydrogen-bond donors (Lipinski definition) is 3. The van der Waals surface area contributed by atoms with Gasteiger partial charge >= 0.3 is 6.03 Å². The number of sulfonamides is 1. The third-order valence-electron chi connectivity index (χ3n) is 6.00. The van der Waals surface area contributed by atoms with Crippen molar-refractivity contribution < 1.29 is 22.8 Å². The first-order valence-electron chi connectivity index (χ1n) is 11.3. The van der Waals surface area contributed by atoms with Crippen LogP contribution < -0.4 is 15.8 Å². The number of hydrogen-bond acceptors (Lipinski definition) is 5. The molecule has 2 aromatic carbocycles. The number of rotatable bonds is 9. The van der Waals surface area contributed by atoms with Gasteiger partial charge < -0.3 is 20.9 Å². The number of nitrogens with zero attached hydrogens (tertiary/aromatic N) is 2. The van der Waals surface area contributed by atoms with E-state index in [1.165, 1.54) is 17.0 Å². The van der Waals surface area contributed by atoms with Crippen molar-refractivity contribution in [2.45, 2.75) is 50.2 Å². The summed E-state index contributed by atoms with van der Waals surface area (Å²) in [6.45, 7) is 5.92. The molecule has 35 heavy (non-hydrogen) atoms. The van der Waals surface area contributed by atoms with Gasteiger partial charge in [-0.2, -0.15) is 4.72 Å². The predicted octanol–water partition coefficient (Wildman–Crippen LogP) is 1.67. The maximum absolute atomic E-state index is 13.1. The van der Waals surface area contributed by atoms with Crippen molar-refractivity contribution in [2.24, 2.45) is 5.73 Å². The third-order valence-corrected chi connectivity index (χ3v) is 7.71. The van der Waals surface area contributed by atoms with Gasteiger partial charge in [-0.25, -0.2) is 13.2 Å². The zero-order valence-corrected chi connectivity index (χ0v) is 21.4. The number of fused-ring (bicyclic) bond motifs is 1. The first-order valence-corrected chi connectivity index (χ1v) is 13.1. The van der Waals surface area contributed by atoms with E-state index < -0.39 is 34.0 Å². The van der Waals surface area contributed by atoms with Gasteiger partial charge in [0.15, 0.2) is 0 Å². The van der Waals surface area contributed by atoms with E-state index in [2.05, 4.69) is 10.0 Å². The molecule has 3 rings (SSSR count). The number of nitrogens with two attached hydrogens (primary N) is 1. The number of primary amides is 1. The number of benzene rings is 2. The lowest BCUT2D eigenvalue weighted by atomic mass is 10.1. The molecule has 2 atom stereocenters. The van der Waals surface area contributed by atoms with Crippen LogP contribution in [-0.2, 0) is 19.6 Å². The Balaban J connectivity index is 1.69. The topological polar surface area (TPSA) is 142 Å². The highest BCUT2D eigenvalue weighted by Gasteiger charge is 2.40. The first kappa shape index (κ1) is 26.7. The molecular weight excluding hydrogens is 494 g/mol. The van der Waals surface area contributed by atoms with Crippen molar-refractivity contribution in [1.82, 2.24) is 19.8 Å². The standard InChI is InChI=1S/C23H30ClN5O5S/c1-14(2)28(11-9-26-23(25)32)21(30)15(3)29-10-8-20(22(29)31)27-35(33,34)19-7-5-16-12-18(24)6-4-17(16)13-19/h4-7,12-15,20,27H,8-11H2,1-3H3,(H3,25,26,32)/t15-,20-/m0/s1. The van der Waals surface area contributed by atoms with E-state index in [0.29, 0.717) is 10.4 Å². The Morgan fingerprint density at radius 2 is 1.83 bits per heavy atom. The normalized spacial score (nSPS) is 17.1. The molecule has 4 amide bonds. The van der Waals surface area contributed by atoms with Gasteiger partial charge in [-0.05, 0) is 62.2 Å². The molecule has 190 valence electrons. The van der Waals surface area contributed by atoms with Crippen LogP contribution >= 0.6 is 11.6 Å². The molecule has 0 bridgehead atoms. The average Bonchev–Trinajstić information content (AvgIpc) is 3.14. The van der Waals surface area contributed by atoms with E-state index in [1.54, 1.807) is 36.1 Å². The minimum absolute atomic E-state index is 0.0376. The fourth-order valence-corrected chi connectivity index (χ4v) is 5.55. The van der Waals surface area contributed by atoms with Gasteiger partial charge in [0, 0.05) is 30.7 Å². The fourth-order valence-electron chi connectivity index (χ4n) is 4.11. The van der Waals surface area contributed by atoms with Crippen LogP contribution in [0.25, 0.3) is 10.8 Å². The highest BCUT2D eigenvalue weighted by Crippen LogP contribution is 2.24. The van der Waals surface area contributed by atoms with Crippen molar-refractivity contribution >= 4 is 50.2 Å². The molecule has 10 nitrogen and oxygen atoms in total. The van der Waals surface area contributed by atoms with Crippen LogP contribution in [0.15, 0.2) is 41.3 Å². The predicted molar refractivity (Wildman–Crippen MR) is 133 cm³/mol. The molecule has 1 heterocycles. The van der Waals surface area contributed by atoms with E-state index in [9.17, 15) is 22.8 Å². The van der Waals surface area contributed by atoms with Crippen molar-refractivity contribution in [3.63, 3.8) is 0 Å². The van der Waals surface area contributed by atoms with Gasteiger partial charge in [-0.3, -0.25) is 9.59 Å². The summed E-state index contributed by atoms with van der Waals surface area (Å²) in [5.41, 5.74) is 5.08. The van der Waals surface area contributed by atoms with Crippen LogP contribution in [0.1, 0.15) is 27.2 Å². The minimum Gasteiger partial charge on any atom is -0.352 e. The maximum atomic E-state index is 13.1. The number of carbonyl (C=O) groups excluding carboxylic acids is 3. The molecule has 0 aliphatic carbocycles. The Bertz CT molecular complexity index is 1240. The zero-order chi connectivity index (χ0) is 25.9. The number of likely N-dealkylation sites (tertiary alicyclic amines) is 1. The van der Waals surface area contributed by atoms with Gasteiger partial charge in [0.25, 0.3) is 0 Å². The summed E-state index contributed by atoms with van der Waals surface area (Å²) < 4.78 is 28.5. The van der Waals surface area contributed by atoms with Gasteiger partial charge in [0.05, 0.1) is 4.90 Å². The first-order chi connectivity index (χ1) is 16.4. The molecule has 0 spiro atoms. The van der Waals surface area contributed by atoms with E-state index in [-0.39, 0.29) is 42.9 Å². The molecule has 1 aliphatic rings. The number of amides is 4. The smallest absolute Gasteiger partial charge is 0.312 e. The Hall–Kier alpha value is -2.89. The van der Waals surface area contributed by atoms with E-state index >= 15 is 0 Å². The number of halogens is 1. The van der Waals surface area contributed by atoms with Gasteiger partial charge in [-0.15, -0.1) is 0 Å². The summed E-state index contributed by atoms with van der Waals surface area (Å²) in [6.07, 6.45) is 0.240. The molecule has 4 N–H and O–H groups in total. The monoisotopic (exact) mass is 523 g/mol. The second-order valence-electron chi connectivity index (χ2n) is 8.74. The summed E-state index contributed by atoms with van der Waals surface area (Å²) in [4.78, 5) is 40.0. The quantitative estimate of drug-likeness (QED) is 0.458. The molecule has 1 fully saturated rings. The van der Waals surface area contributed by atoms with Gasteiger partial charge in [-0.1, -0.05) is 23.7 Å². The molecule has 0 unspecified atom stereocenters. The second kappa shape index (κ2) is 10.8. The van der Waals surface area contributed by atoms with E-state index in [1.807, 2.05) is 13.8 Å². The lowest BCUT2D eigenvalue weighted by molar-refractivity contribution is -0.144. The summed E-state index contributed by atoms with van der Waals surface area (Å²) in [5.74, 6) is -0.753. The highest BCUT2D eigenvalue weighted by atomic mass is 35.5. The SMILES string of the molecule is CC(C)N(CCNC(N)=O)C(=O)[C@H](C)N1CC[C@H](NS(=O)(=O)c2ccc3cc(Cl)ccc3c2)C1=O. The average molecular weight is 524 g/mol. The van der Waals surface area contributed by atoms with Crippen LogP contribution in [-0.4, -0.2) is 73.8 Å². The fraction of sp³-hybridized carbons (Fsp3) is 0.435. The number of carbonyl (C=O) groups is 3. The molecule has 1 aliphatic heterocycles. The van der Waals surface area contributed by atoms with Gasteiger partial charge in [0.1, 0.15) is 12.1 Å². The number of nitrogens with one attached hydrogen (secondary N) is 2. The Labute approximate surface area is 209 Å². The number of urea groups is 1. The van der Waals surface area contributed by atoms with Crippen molar-refractivity contribution in [3.05, 3.63) is 41.4 Å². The lowest BCUT2D eigenvalue weighted by Crippen LogP contribution is -2.53. The minimum atomic E-state index is -3.98. The molecule has 2 aromatic rings. The van der Waals surface area contributed by atoms with Crippen LogP contribution in [0.5, 0.6) is 0 Å². The summed E-state index contributed by atoms with van der Waals surface area (Å²) in [7, 11) is -3.98. The van der Waals surface area contributed by atoms with Crippen LogP contribution in [0.4, 0.5) is 4.79 Å². The summed E-state index contributed by atoms with van der Waals surface area (Å²) in [6, 6.07) is 7.17. The molecule has 0 saturated carbocycles. The molecule has 0 radical (unpaired) electrons. The van der Waals surface area contributed by atoms with Crippen LogP contribution in [0, 0.1) is 0 Å². The Morgan fingerprint density at radius 3 is 2.49 bits per heavy atom. The summed E-state index contributed by atoms with van der Waals surface area (Å²) in [5, 5.41) is 4.50. The summed E-state index contributed by atoms with van der Waals surface area (Å²) >= 11 is 5.99. The molecule has 0 aromatic heterocycles. The van der Waals surface area contributed by atoms with E-state index in [0.717, 1.165) is 5.39 Å². The van der Waals surface area contributed by atoms with Crippen molar-refractivity contribution in [1.29, 1.82) is 0 Å². The van der Waals surface area contributed by atoms with Crippen LogP contribution in [0.3, 0.4) is 0 Å². The highest BCUT2D eigenvalue weighted by molar-refractivity contribution is 7.89. The molecular formula is C23H30ClN5O5S. The Kier molecular flexibility index (Phi) is 8.24. The maximum Gasteiger partial charge on any atom is 0.312 e. The van der Waals surface area contributed by atoms with Crippen LogP contribution in [0.2, 0.25) is 5.02 Å².